The van der Waals surface area contributed by atoms with Crippen molar-refractivity contribution in [1.82, 2.24) is 0 Å². The van der Waals surface area contributed by atoms with E-state index in [0.29, 0.717) is 0 Å². The van der Waals surface area contributed by atoms with Gasteiger partial charge in [-0.1, -0.05) is 164 Å². The summed E-state index contributed by atoms with van der Waals surface area (Å²) in [6, 6.07) is 89.9. The molecule has 0 fully saturated rings. The van der Waals surface area contributed by atoms with Crippen molar-refractivity contribution in [1.29, 1.82) is 0 Å². The smallest absolute Gasteiger partial charge is 0.0468 e. The van der Waals surface area contributed by atoms with Crippen molar-refractivity contribution >= 4 is 113 Å². The Morgan fingerprint density at radius 1 is 0.254 bits per heavy atom. The van der Waals surface area contributed by atoms with Crippen molar-refractivity contribution in [2.75, 3.05) is 16.8 Å². The first kappa shape index (κ1) is 40.5. The number of para-hydroxylation sites is 4. The third kappa shape index (κ3) is 7.47. The molecule has 2 nitrogen and oxygen atoms in total. The molecule has 0 N–H and O–H groups in total. The topological polar surface area (TPSA) is 6.48 Å². The highest BCUT2D eigenvalue weighted by molar-refractivity contribution is 7.26. The Labute approximate surface area is 398 Å². The monoisotopic (exact) mass is 892 g/mol. The van der Waals surface area contributed by atoms with Crippen LogP contribution >= 0.6 is 22.7 Å². The van der Waals surface area contributed by atoms with Crippen LogP contribution in [0.15, 0.2) is 249 Å². The highest BCUT2D eigenvalue weighted by Gasteiger charge is 2.21. The number of fused-ring (bicyclic) bond motifs is 8. The summed E-state index contributed by atoms with van der Waals surface area (Å²) in [4.78, 5) is 4.54. The average molecular weight is 893 g/mol. The maximum Gasteiger partial charge on any atom is 0.0468 e. The zero-order chi connectivity index (χ0) is 44.7. The van der Waals surface area contributed by atoms with Crippen LogP contribution in [0.4, 0.5) is 28.4 Å². The fraction of sp³-hybridized carbons (Fsp3) is 0.0159. The van der Waals surface area contributed by atoms with E-state index in [1.807, 2.05) is 34.8 Å². The van der Waals surface area contributed by atoms with E-state index in [1.165, 1.54) is 95.5 Å². The molecule has 0 unspecified atom stereocenters. The van der Waals surface area contributed by atoms with Crippen LogP contribution in [0, 0.1) is 0 Å². The standard InChI is InChI=1S/C50H31NS2.C13H13N/c1-3-13-34(14-4-1)51(35-15-5-2-6-16-35)36-25-28-43-44(31-36)50(33-24-27-40-38-18-10-12-22-46(38)53-48(40)30-33)42-20-8-7-19-41(42)49(43)32-23-26-39-37-17-9-11-21-45(37)52-47(39)29-32;1-14(12-8-4-2-5-9-12)13-10-6-3-7-11-13/h1-31H;2-11H,1H3. The molecule has 0 saturated heterocycles. The van der Waals surface area contributed by atoms with Gasteiger partial charge < -0.3 is 9.80 Å². The van der Waals surface area contributed by atoms with Crippen LogP contribution in [0.2, 0.25) is 0 Å². The lowest BCUT2D eigenvalue weighted by Crippen LogP contribution is -2.09. The maximum absolute atomic E-state index is 2.42. The summed E-state index contributed by atoms with van der Waals surface area (Å²) >= 11 is 3.76. The molecule has 0 spiro atoms. The molecule has 0 bridgehead atoms. The van der Waals surface area contributed by atoms with Crippen LogP contribution in [0.5, 0.6) is 0 Å². The van der Waals surface area contributed by atoms with E-state index in [4.69, 9.17) is 0 Å². The number of benzene rings is 11. The highest BCUT2D eigenvalue weighted by Crippen LogP contribution is 2.48. The minimum Gasteiger partial charge on any atom is -0.345 e. The molecule has 0 aliphatic rings. The first-order valence-corrected chi connectivity index (χ1v) is 24.4. The first-order valence-electron chi connectivity index (χ1n) is 22.7. The molecular formula is C63H44N2S2. The molecule has 13 rings (SSSR count). The minimum absolute atomic E-state index is 1.13. The molecule has 4 heteroatoms. The number of thiophene rings is 2. The number of rotatable bonds is 7. The second kappa shape index (κ2) is 17.4. The van der Waals surface area contributed by atoms with Gasteiger partial charge >= 0.3 is 0 Å². The van der Waals surface area contributed by atoms with Crippen LogP contribution < -0.4 is 9.80 Å². The third-order valence-corrected chi connectivity index (χ3v) is 15.2. The second-order valence-electron chi connectivity index (χ2n) is 16.9. The van der Waals surface area contributed by atoms with Gasteiger partial charge in [-0.3, -0.25) is 0 Å². The summed E-state index contributed by atoms with van der Waals surface area (Å²) in [6.45, 7) is 0. The fourth-order valence-electron chi connectivity index (χ4n) is 9.74. The zero-order valence-electron chi connectivity index (χ0n) is 36.9. The molecule has 0 aliphatic heterocycles. The highest BCUT2D eigenvalue weighted by atomic mass is 32.1. The van der Waals surface area contributed by atoms with E-state index in [1.54, 1.807) is 0 Å². The van der Waals surface area contributed by atoms with Crippen molar-refractivity contribution in [3.63, 3.8) is 0 Å². The SMILES string of the molecule is CN(c1ccccc1)c1ccccc1.c1ccc(N(c2ccccc2)c2ccc3c(-c4ccc5c(c4)sc4ccccc45)c4ccccc4c(-c4ccc5c(c4)sc4ccccc45)c3c2)cc1. The lowest BCUT2D eigenvalue weighted by molar-refractivity contribution is 1.21. The van der Waals surface area contributed by atoms with E-state index in [0.717, 1.165) is 17.1 Å². The van der Waals surface area contributed by atoms with Gasteiger partial charge in [0, 0.05) is 75.8 Å². The van der Waals surface area contributed by atoms with Crippen LogP contribution in [0.1, 0.15) is 0 Å². The van der Waals surface area contributed by atoms with E-state index in [9.17, 15) is 0 Å². The molecule has 13 aromatic rings. The van der Waals surface area contributed by atoms with Crippen molar-refractivity contribution in [2.45, 2.75) is 0 Å². The Kier molecular flexibility index (Phi) is 10.5. The summed E-state index contributed by atoms with van der Waals surface area (Å²) in [7, 11) is 2.07. The maximum atomic E-state index is 2.42. The van der Waals surface area contributed by atoms with Gasteiger partial charge in [0.1, 0.15) is 0 Å². The van der Waals surface area contributed by atoms with Gasteiger partial charge in [0.15, 0.2) is 0 Å². The van der Waals surface area contributed by atoms with Gasteiger partial charge in [-0.05, 0) is 129 Å². The Morgan fingerprint density at radius 2 is 0.597 bits per heavy atom. The van der Waals surface area contributed by atoms with Gasteiger partial charge in [0.25, 0.3) is 0 Å². The first-order chi connectivity index (χ1) is 33.2. The molecule has 0 amide bonds. The van der Waals surface area contributed by atoms with Crippen LogP contribution in [0.3, 0.4) is 0 Å². The number of nitrogens with zero attached hydrogens (tertiary/aromatic N) is 2. The van der Waals surface area contributed by atoms with E-state index >= 15 is 0 Å². The van der Waals surface area contributed by atoms with Crippen molar-refractivity contribution in [3.8, 4) is 22.3 Å². The van der Waals surface area contributed by atoms with Gasteiger partial charge in [-0.2, -0.15) is 0 Å². The lowest BCUT2D eigenvalue weighted by atomic mass is 9.85. The fourth-order valence-corrected chi connectivity index (χ4v) is 12.0. The average Bonchev–Trinajstić information content (AvgIpc) is 3.97. The summed E-state index contributed by atoms with van der Waals surface area (Å²) in [5.74, 6) is 0. The van der Waals surface area contributed by atoms with Gasteiger partial charge in [-0.25, -0.2) is 0 Å². The number of hydrogen-bond acceptors (Lipinski definition) is 4. The van der Waals surface area contributed by atoms with Crippen molar-refractivity contribution in [2.24, 2.45) is 0 Å². The predicted molar refractivity (Wildman–Crippen MR) is 294 cm³/mol. The molecule has 318 valence electrons. The lowest BCUT2D eigenvalue weighted by Gasteiger charge is -2.27. The Balaban J connectivity index is 0.000000287. The Hall–Kier alpha value is -8.02. The molecule has 2 heterocycles. The van der Waals surface area contributed by atoms with Crippen molar-refractivity contribution in [3.05, 3.63) is 249 Å². The molecule has 0 radical (unpaired) electrons. The second-order valence-corrected chi connectivity index (χ2v) is 19.0. The molecule has 0 saturated carbocycles. The summed E-state index contributed by atoms with van der Waals surface area (Å²) in [5.41, 5.74) is 10.8. The van der Waals surface area contributed by atoms with Crippen LogP contribution in [-0.2, 0) is 0 Å². The normalized spacial score (nSPS) is 11.4. The molecule has 67 heavy (non-hydrogen) atoms. The summed E-state index contributed by atoms with van der Waals surface area (Å²) < 4.78 is 5.28. The number of hydrogen-bond donors (Lipinski definition) is 0. The minimum atomic E-state index is 1.13. The van der Waals surface area contributed by atoms with Crippen LogP contribution in [0.25, 0.3) is 84.1 Å². The quantitative estimate of drug-likeness (QED) is 0.147. The Bertz CT molecular complexity index is 3800. The largest absolute Gasteiger partial charge is 0.345 e. The van der Waals surface area contributed by atoms with E-state index in [-0.39, 0.29) is 0 Å². The summed E-state index contributed by atoms with van der Waals surface area (Å²) in [6.07, 6.45) is 0. The van der Waals surface area contributed by atoms with Gasteiger partial charge in [0.05, 0.1) is 0 Å². The summed E-state index contributed by atoms with van der Waals surface area (Å²) in [5, 5.41) is 10.3. The number of anilines is 5. The Morgan fingerprint density at radius 3 is 1.06 bits per heavy atom. The van der Waals surface area contributed by atoms with Gasteiger partial charge in [0.2, 0.25) is 0 Å². The predicted octanol–water partition coefficient (Wildman–Crippen LogP) is 19.0. The molecule has 0 aliphatic carbocycles. The molecular weight excluding hydrogens is 849 g/mol. The molecule has 11 aromatic carbocycles. The molecule has 2 aromatic heterocycles. The zero-order valence-corrected chi connectivity index (χ0v) is 38.5. The van der Waals surface area contributed by atoms with E-state index < -0.39 is 0 Å². The third-order valence-electron chi connectivity index (χ3n) is 12.9. The van der Waals surface area contributed by atoms with E-state index in [2.05, 4.69) is 253 Å². The molecule has 0 atom stereocenters. The van der Waals surface area contributed by atoms with Crippen LogP contribution in [-0.4, -0.2) is 7.05 Å². The van der Waals surface area contributed by atoms with Gasteiger partial charge in [-0.15, -0.1) is 22.7 Å². The van der Waals surface area contributed by atoms with Crippen molar-refractivity contribution < 1.29 is 0 Å².